The lowest BCUT2D eigenvalue weighted by Gasteiger charge is -2.23. The topological polar surface area (TPSA) is 59.6 Å². The molecule has 1 aliphatic rings. The van der Waals surface area contributed by atoms with Gasteiger partial charge >= 0.3 is 6.18 Å². The second-order valence-corrected chi connectivity index (χ2v) is 5.15. The standard InChI is InChI=1S/C15H19F3N2O3.ClH/c16-15(17,18)11-1-3-13(4-2-11)23-8-6-20-14(21)9-12-10-22-7-5-19-12;/h1-4,12,19H,5-10H2,(H,20,21);1H. The Morgan fingerprint density at radius 2 is 2.04 bits per heavy atom. The number of hydrogen-bond donors (Lipinski definition) is 2. The Morgan fingerprint density at radius 3 is 2.62 bits per heavy atom. The van der Waals surface area contributed by atoms with E-state index in [4.69, 9.17) is 9.47 Å². The van der Waals surface area contributed by atoms with Crippen molar-refractivity contribution in [2.75, 3.05) is 32.9 Å². The van der Waals surface area contributed by atoms with Gasteiger partial charge in [-0.2, -0.15) is 13.2 Å². The van der Waals surface area contributed by atoms with E-state index in [0.717, 1.165) is 18.7 Å². The first-order valence-corrected chi connectivity index (χ1v) is 7.33. The Labute approximate surface area is 144 Å². The number of carbonyl (C=O) groups is 1. The quantitative estimate of drug-likeness (QED) is 0.754. The molecule has 1 atom stereocenters. The van der Waals surface area contributed by atoms with Crippen molar-refractivity contribution in [2.45, 2.75) is 18.6 Å². The van der Waals surface area contributed by atoms with Crippen LogP contribution in [0.1, 0.15) is 12.0 Å². The zero-order valence-corrected chi connectivity index (χ0v) is 13.7. The third-order valence-corrected chi connectivity index (χ3v) is 3.30. The monoisotopic (exact) mass is 368 g/mol. The largest absolute Gasteiger partial charge is 0.492 e. The molecule has 1 unspecified atom stereocenters. The van der Waals surface area contributed by atoms with Crippen molar-refractivity contribution in [3.63, 3.8) is 0 Å². The molecule has 136 valence electrons. The number of ether oxygens (including phenoxy) is 2. The molecule has 5 nitrogen and oxygen atoms in total. The zero-order chi connectivity index (χ0) is 16.7. The minimum Gasteiger partial charge on any atom is -0.492 e. The van der Waals surface area contributed by atoms with E-state index < -0.39 is 11.7 Å². The first-order chi connectivity index (χ1) is 10.9. The minimum absolute atomic E-state index is 0. The molecular weight excluding hydrogens is 349 g/mol. The number of hydrogen-bond acceptors (Lipinski definition) is 4. The minimum atomic E-state index is -4.36. The molecule has 0 bridgehead atoms. The Morgan fingerprint density at radius 1 is 1.33 bits per heavy atom. The molecule has 2 N–H and O–H groups in total. The summed E-state index contributed by atoms with van der Waals surface area (Å²) in [6, 6.07) is 4.45. The molecule has 1 aliphatic heterocycles. The van der Waals surface area contributed by atoms with E-state index in [1.54, 1.807) is 0 Å². The van der Waals surface area contributed by atoms with Crippen molar-refractivity contribution in [3.8, 4) is 5.75 Å². The van der Waals surface area contributed by atoms with Crippen LogP contribution in [0.4, 0.5) is 13.2 Å². The van der Waals surface area contributed by atoms with Crippen molar-refractivity contribution >= 4 is 18.3 Å². The highest BCUT2D eigenvalue weighted by Gasteiger charge is 2.30. The van der Waals surface area contributed by atoms with Crippen LogP contribution in [-0.4, -0.2) is 44.9 Å². The molecule has 1 aromatic carbocycles. The summed E-state index contributed by atoms with van der Waals surface area (Å²) in [5.74, 6) is 0.207. The van der Waals surface area contributed by atoms with E-state index in [0.29, 0.717) is 25.4 Å². The lowest BCUT2D eigenvalue weighted by atomic mass is 10.2. The van der Waals surface area contributed by atoms with E-state index in [9.17, 15) is 18.0 Å². The maximum Gasteiger partial charge on any atom is 0.416 e. The van der Waals surface area contributed by atoms with Gasteiger partial charge in [-0.1, -0.05) is 0 Å². The fourth-order valence-electron chi connectivity index (χ4n) is 2.15. The molecule has 1 aromatic rings. The van der Waals surface area contributed by atoms with Crippen molar-refractivity contribution < 1.29 is 27.4 Å². The second kappa shape index (κ2) is 9.71. The number of amides is 1. The molecule has 9 heteroatoms. The lowest BCUT2D eigenvalue weighted by molar-refractivity contribution is -0.137. The average Bonchev–Trinajstić information content (AvgIpc) is 2.52. The van der Waals surface area contributed by atoms with Crippen molar-refractivity contribution in [1.29, 1.82) is 0 Å². The molecule has 0 saturated carbocycles. The number of nitrogens with one attached hydrogen (secondary N) is 2. The smallest absolute Gasteiger partial charge is 0.416 e. The number of alkyl halides is 3. The summed E-state index contributed by atoms with van der Waals surface area (Å²) in [6.07, 6.45) is -4.04. The zero-order valence-electron chi connectivity index (χ0n) is 12.9. The van der Waals surface area contributed by atoms with Crippen LogP contribution in [-0.2, 0) is 15.7 Å². The van der Waals surface area contributed by atoms with E-state index >= 15 is 0 Å². The van der Waals surface area contributed by atoms with Gasteiger partial charge in [0.25, 0.3) is 0 Å². The Hall–Kier alpha value is -1.51. The van der Waals surface area contributed by atoms with Crippen LogP contribution in [0.15, 0.2) is 24.3 Å². The maximum atomic E-state index is 12.4. The number of halogens is 4. The molecule has 1 fully saturated rings. The van der Waals surface area contributed by atoms with Gasteiger partial charge in [0.15, 0.2) is 0 Å². The molecule has 0 spiro atoms. The van der Waals surface area contributed by atoms with E-state index in [-0.39, 0.29) is 37.5 Å². The highest BCUT2D eigenvalue weighted by molar-refractivity contribution is 5.85. The number of morpholine rings is 1. The van der Waals surface area contributed by atoms with Gasteiger partial charge in [0.05, 0.1) is 25.3 Å². The fourth-order valence-corrected chi connectivity index (χ4v) is 2.15. The molecular formula is C15H20ClF3N2O3. The van der Waals surface area contributed by atoms with Crippen molar-refractivity contribution in [1.82, 2.24) is 10.6 Å². The fraction of sp³-hybridized carbons (Fsp3) is 0.533. The lowest BCUT2D eigenvalue weighted by Crippen LogP contribution is -2.44. The molecule has 1 heterocycles. The number of rotatable bonds is 6. The third-order valence-electron chi connectivity index (χ3n) is 3.30. The van der Waals surface area contributed by atoms with Crippen LogP contribution < -0.4 is 15.4 Å². The molecule has 2 rings (SSSR count). The third kappa shape index (κ3) is 6.94. The molecule has 0 aromatic heterocycles. The average molecular weight is 369 g/mol. The van der Waals surface area contributed by atoms with Gasteiger partial charge in [-0.3, -0.25) is 4.79 Å². The maximum absolute atomic E-state index is 12.4. The van der Waals surface area contributed by atoms with Gasteiger partial charge in [-0.05, 0) is 24.3 Å². The van der Waals surface area contributed by atoms with Crippen LogP contribution in [0.3, 0.4) is 0 Å². The van der Waals surface area contributed by atoms with E-state index in [1.807, 2.05) is 0 Å². The highest BCUT2D eigenvalue weighted by atomic mass is 35.5. The Balaban J connectivity index is 0.00000288. The van der Waals surface area contributed by atoms with Crippen LogP contribution >= 0.6 is 12.4 Å². The summed E-state index contributed by atoms with van der Waals surface area (Å²) in [5.41, 5.74) is -0.722. The van der Waals surface area contributed by atoms with Crippen LogP contribution in [0.25, 0.3) is 0 Å². The summed E-state index contributed by atoms with van der Waals surface area (Å²) in [4.78, 5) is 11.7. The van der Waals surface area contributed by atoms with Crippen molar-refractivity contribution in [2.24, 2.45) is 0 Å². The van der Waals surface area contributed by atoms with E-state index in [2.05, 4.69) is 10.6 Å². The molecule has 0 radical (unpaired) electrons. The second-order valence-electron chi connectivity index (χ2n) is 5.15. The van der Waals surface area contributed by atoms with E-state index in [1.165, 1.54) is 12.1 Å². The van der Waals surface area contributed by atoms with Gasteiger partial charge in [-0.25, -0.2) is 0 Å². The van der Waals surface area contributed by atoms with Gasteiger partial charge in [0.1, 0.15) is 12.4 Å². The Bertz CT molecular complexity index is 506. The first-order valence-electron chi connectivity index (χ1n) is 7.33. The predicted octanol–water partition coefficient (Wildman–Crippen LogP) is 2.00. The van der Waals surface area contributed by atoms with Gasteiger partial charge in [0.2, 0.25) is 5.91 Å². The summed E-state index contributed by atoms with van der Waals surface area (Å²) >= 11 is 0. The van der Waals surface area contributed by atoms with Crippen molar-refractivity contribution in [3.05, 3.63) is 29.8 Å². The molecule has 1 amide bonds. The van der Waals surface area contributed by atoms with Crippen LogP contribution in [0.5, 0.6) is 5.75 Å². The number of benzene rings is 1. The predicted molar refractivity (Wildman–Crippen MR) is 84.4 cm³/mol. The van der Waals surface area contributed by atoms with Crippen LogP contribution in [0, 0.1) is 0 Å². The summed E-state index contributed by atoms with van der Waals surface area (Å²) in [7, 11) is 0. The highest BCUT2D eigenvalue weighted by Crippen LogP contribution is 2.30. The van der Waals surface area contributed by atoms with Gasteiger partial charge in [-0.15, -0.1) is 12.4 Å². The normalized spacial score (nSPS) is 17.7. The van der Waals surface area contributed by atoms with Crippen LogP contribution in [0.2, 0.25) is 0 Å². The Kier molecular flexibility index (Phi) is 8.30. The molecule has 0 aliphatic carbocycles. The van der Waals surface area contributed by atoms with Gasteiger partial charge in [0, 0.05) is 19.0 Å². The van der Waals surface area contributed by atoms with Gasteiger partial charge < -0.3 is 20.1 Å². The number of carbonyl (C=O) groups excluding carboxylic acids is 1. The summed E-state index contributed by atoms with van der Waals surface area (Å²) in [6.45, 7) is 2.36. The summed E-state index contributed by atoms with van der Waals surface area (Å²) < 4.78 is 47.8. The molecule has 1 saturated heterocycles. The summed E-state index contributed by atoms with van der Waals surface area (Å²) in [5, 5.41) is 5.87. The SMILES string of the molecule is Cl.O=C(CC1COCCN1)NCCOc1ccc(C(F)(F)F)cc1. The first kappa shape index (κ1) is 20.5. The molecule has 24 heavy (non-hydrogen) atoms.